The van der Waals surface area contributed by atoms with Crippen molar-refractivity contribution in [2.45, 2.75) is 26.0 Å². The van der Waals surface area contributed by atoms with E-state index in [2.05, 4.69) is 10.3 Å². The Hall–Kier alpha value is -4.37. The summed E-state index contributed by atoms with van der Waals surface area (Å²) in [6, 6.07) is 18.0. The lowest BCUT2D eigenvalue weighted by Crippen LogP contribution is -2.50. The van der Waals surface area contributed by atoms with Gasteiger partial charge in [0.2, 0.25) is 5.88 Å². The van der Waals surface area contributed by atoms with Gasteiger partial charge < -0.3 is 29.7 Å². The van der Waals surface area contributed by atoms with Crippen molar-refractivity contribution >= 4 is 29.8 Å². The van der Waals surface area contributed by atoms with Gasteiger partial charge in [-0.2, -0.15) is 0 Å². The molecule has 0 bridgehead atoms. The molecule has 40 heavy (non-hydrogen) atoms. The fourth-order valence-corrected chi connectivity index (χ4v) is 4.46. The molecule has 0 radical (unpaired) electrons. The van der Waals surface area contributed by atoms with E-state index >= 15 is 0 Å². The first-order chi connectivity index (χ1) is 19.3. The number of ether oxygens (including phenoxy) is 2. The third-order valence-corrected chi connectivity index (χ3v) is 6.93. The van der Waals surface area contributed by atoms with Crippen LogP contribution >= 0.6 is 0 Å². The maximum atomic E-state index is 13.6. The molecule has 9 heteroatoms. The summed E-state index contributed by atoms with van der Waals surface area (Å²) in [6.45, 7) is 4.19. The van der Waals surface area contributed by atoms with E-state index in [1.165, 1.54) is 0 Å². The van der Waals surface area contributed by atoms with Gasteiger partial charge in [-0.1, -0.05) is 55.5 Å². The van der Waals surface area contributed by atoms with Gasteiger partial charge in [-0.05, 0) is 36.2 Å². The number of anilines is 1. The van der Waals surface area contributed by atoms with Crippen LogP contribution in [0.2, 0.25) is 0 Å². The van der Waals surface area contributed by atoms with Crippen molar-refractivity contribution in [3.8, 4) is 11.6 Å². The van der Waals surface area contributed by atoms with E-state index < -0.39 is 12.1 Å². The molecule has 0 unspecified atom stereocenters. The maximum absolute atomic E-state index is 13.6. The number of aromatic nitrogens is 1. The highest BCUT2D eigenvalue weighted by Gasteiger charge is 2.34. The van der Waals surface area contributed by atoms with E-state index in [1.807, 2.05) is 56.3 Å². The number of hydrogen-bond donors (Lipinski definition) is 2. The minimum Gasteiger partial charge on any atom is -0.497 e. The molecule has 0 saturated carbocycles. The molecule has 1 aliphatic rings. The van der Waals surface area contributed by atoms with Crippen molar-refractivity contribution in [1.29, 1.82) is 0 Å². The molecule has 0 aliphatic carbocycles. The summed E-state index contributed by atoms with van der Waals surface area (Å²) in [5.41, 5.74) is 2.70. The summed E-state index contributed by atoms with van der Waals surface area (Å²) >= 11 is 0. The van der Waals surface area contributed by atoms with Crippen molar-refractivity contribution < 1.29 is 24.2 Å². The first-order valence-corrected chi connectivity index (χ1v) is 13.3. The van der Waals surface area contributed by atoms with Crippen LogP contribution in [0.3, 0.4) is 0 Å². The normalized spacial score (nSPS) is 17.8. The first kappa shape index (κ1) is 28.6. The lowest BCUT2D eigenvalue weighted by molar-refractivity contribution is 0.0356. The van der Waals surface area contributed by atoms with Crippen LogP contribution in [-0.4, -0.2) is 77.8 Å². The molecular weight excluding hydrogens is 508 g/mol. The molecule has 0 fully saturated rings. The number of urea groups is 1. The van der Waals surface area contributed by atoms with Crippen molar-refractivity contribution in [3.05, 3.63) is 83.6 Å². The van der Waals surface area contributed by atoms with Crippen LogP contribution < -0.4 is 14.8 Å². The van der Waals surface area contributed by atoms with Crippen LogP contribution in [0.5, 0.6) is 11.6 Å². The molecule has 3 aromatic rings. The van der Waals surface area contributed by atoms with Crippen LogP contribution in [0.1, 0.15) is 35.3 Å². The Kier molecular flexibility index (Phi) is 9.39. The smallest absolute Gasteiger partial charge is 0.321 e. The predicted molar refractivity (Wildman–Crippen MR) is 155 cm³/mol. The van der Waals surface area contributed by atoms with E-state index in [1.54, 1.807) is 60.5 Å². The Labute approximate surface area is 235 Å². The molecule has 1 aromatic heterocycles. The molecule has 210 valence electrons. The number of methoxy groups -OCH3 is 1. The minimum atomic E-state index is -0.459. The van der Waals surface area contributed by atoms with Gasteiger partial charge in [0.1, 0.15) is 17.4 Å². The number of nitrogens with one attached hydrogen (secondary N) is 1. The fraction of sp³-hybridized carbons (Fsp3) is 0.323. The molecule has 2 heterocycles. The zero-order chi connectivity index (χ0) is 28.6. The summed E-state index contributed by atoms with van der Waals surface area (Å²) in [6.07, 6.45) is 5.05. The fourth-order valence-electron chi connectivity index (χ4n) is 4.46. The van der Waals surface area contributed by atoms with E-state index in [9.17, 15) is 14.7 Å². The summed E-state index contributed by atoms with van der Waals surface area (Å²) in [4.78, 5) is 34.3. The molecule has 3 amide bonds. The van der Waals surface area contributed by atoms with Crippen molar-refractivity contribution in [1.82, 2.24) is 14.8 Å². The summed E-state index contributed by atoms with van der Waals surface area (Å²) < 4.78 is 11.6. The van der Waals surface area contributed by atoms with Gasteiger partial charge in [-0.25, -0.2) is 9.78 Å². The topological polar surface area (TPSA) is 104 Å². The Morgan fingerprint density at radius 2 is 1.95 bits per heavy atom. The summed E-state index contributed by atoms with van der Waals surface area (Å²) in [7, 11) is 3.26. The Bertz CT molecular complexity index is 1350. The van der Waals surface area contributed by atoms with Gasteiger partial charge in [-0.15, -0.1) is 0 Å². The molecule has 3 atom stereocenters. The van der Waals surface area contributed by atoms with E-state index in [0.29, 0.717) is 23.5 Å². The molecular formula is C31H36N4O5. The maximum Gasteiger partial charge on any atom is 0.321 e. The second kappa shape index (κ2) is 13.1. The number of benzene rings is 2. The molecule has 2 N–H and O–H groups in total. The Balaban J connectivity index is 1.58. The number of rotatable bonds is 8. The molecule has 2 aromatic carbocycles. The van der Waals surface area contributed by atoms with Crippen LogP contribution in [-0.2, 0) is 0 Å². The number of fused-ring (bicyclic) bond motifs is 1. The number of aliphatic hydroxyl groups is 1. The number of hydrogen-bond acceptors (Lipinski definition) is 6. The van der Waals surface area contributed by atoms with E-state index in [4.69, 9.17) is 9.47 Å². The second-order valence-corrected chi connectivity index (χ2v) is 10.0. The molecule has 9 nitrogen and oxygen atoms in total. The highest BCUT2D eigenvalue weighted by molar-refractivity contribution is 5.97. The van der Waals surface area contributed by atoms with Crippen LogP contribution in [0.15, 0.2) is 66.9 Å². The third kappa shape index (κ3) is 6.98. The quantitative estimate of drug-likeness (QED) is 0.428. The predicted octanol–water partition coefficient (Wildman–Crippen LogP) is 4.64. The number of amides is 3. The van der Waals surface area contributed by atoms with Crippen molar-refractivity contribution in [2.75, 3.05) is 39.2 Å². The molecule has 1 aliphatic heterocycles. The average Bonchev–Trinajstić information content (AvgIpc) is 2.98. The van der Waals surface area contributed by atoms with Crippen LogP contribution in [0.25, 0.3) is 12.2 Å². The zero-order valence-electron chi connectivity index (χ0n) is 23.3. The minimum absolute atomic E-state index is 0.155. The van der Waals surface area contributed by atoms with Gasteiger partial charge in [0, 0.05) is 37.5 Å². The summed E-state index contributed by atoms with van der Waals surface area (Å²) in [5, 5.41) is 12.8. The highest BCUT2D eigenvalue weighted by Crippen LogP contribution is 2.28. The van der Waals surface area contributed by atoms with Crippen LogP contribution in [0.4, 0.5) is 10.5 Å². The highest BCUT2D eigenvalue weighted by atomic mass is 16.5. The van der Waals surface area contributed by atoms with E-state index in [0.717, 1.165) is 11.1 Å². The SMILES string of the molecule is COc1cccc(NC(=O)N(C)C[C@@H]2Oc3ncc(C=Cc4ccccc4)cc3C(=O)N([C@H](C)CO)C[C@H]2C)c1. The third-order valence-electron chi connectivity index (χ3n) is 6.93. The number of nitrogens with zero attached hydrogens (tertiary/aromatic N) is 3. The van der Waals surface area contributed by atoms with Crippen molar-refractivity contribution in [3.63, 3.8) is 0 Å². The number of likely N-dealkylation sites (N-methyl/N-ethyl adjacent to an activating group) is 1. The first-order valence-electron chi connectivity index (χ1n) is 13.3. The van der Waals surface area contributed by atoms with Crippen LogP contribution in [0, 0.1) is 5.92 Å². The number of aliphatic hydroxyl groups excluding tert-OH is 1. The zero-order valence-corrected chi connectivity index (χ0v) is 23.3. The van der Waals surface area contributed by atoms with Gasteiger partial charge >= 0.3 is 6.03 Å². The van der Waals surface area contributed by atoms with Gasteiger partial charge in [0.25, 0.3) is 5.91 Å². The number of pyridine rings is 1. The standard InChI is InChI=1S/C31H36N4O5/c1-21-18-35(22(2)20-36)30(37)27-15-24(14-13-23-9-6-5-7-10-23)17-32-29(27)40-28(21)19-34(3)31(38)33-25-11-8-12-26(16-25)39-4/h5-17,21-22,28,36H,18-20H2,1-4H3,(H,33,38)/t21-,22-,28+/m1/s1. The molecule has 0 spiro atoms. The summed E-state index contributed by atoms with van der Waals surface area (Å²) in [5.74, 6) is 0.432. The number of carbonyl (C=O) groups is 2. The number of carbonyl (C=O) groups excluding carboxylic acids is 2. The Morgan fingerprint density at radius 1 is 1.20 bits per heavy atom. The lowest BCUT2D eigenvalue weighted by atomic mass is 10.00. The Morgan fingerprint density at radius 3 is 2.67 bits per heavy atom. The lowest BCUT2D eigenvalue weighted by Gasteiger charge is -2.37. The van der Waals surface area contributed by atoms with Gasteiger partial charge in [-0.3, -0.25) is 4.79 Å². The molecule has 0 saturated heterocycles. The second-order valence-electron chi connectivity index (χ2n) is 10.0. The van der Waals surface area contributed by atoms with E-state index in [-0.39, 0.29) is 36.9 Å². The monoisotopic (exact) mass is 544 g/mol. The van der Waals surface area contributed by atoms with Gasteiger partial charge in [0.15, 0.2) is 0 Å². The molecule has 4 rings (SSSR count). The average molecular weight is 545 g/mol. The van der Waals surface area contributed by atoms with Gasteiger partial charge in [0.05, 0.1) is 26.3 Å². The van der Waals surface area contributed by atoms with Crippen molar-refractivity contribution in [2.24, 2.45) is 5.92 Å². The largest absolute Gasteiger partial charge is 0.497 e.